The van der Waals surface area contributed by atoms with Crippen molar-refractivity contribution in [2.45, 2.75) is 25.1 Å². The molecule has 1 unspecified atom stereocenters. The first-order valence-corrected chi connectivity index (χ1v) is 12.4. The number of pyridine rings is 1. The number of hydrogen-bond donors (Lipinski definition) is 1. The van der Waals surface area contributed by atoms with Crippen molar-refractivity contribution < 1.29 is 9.35 Å². The monoisotopic (exact) mass is 442 g/mol. The van der Waals surface area contributed by atoms with E-state index in [2.05, 4.69) is 12.2 Å². The second-order valence-corrected chi connectivity index (χ2v) is 9.19. The van der Waals surface area contributed by atoms with E-state index in [4.69, 9.17) is 4.98 Å². The molecule has 0 bridgehead atoms. The van der Waals surface area contributed by atoms with Gasteiger partial charge in [-0.05, 0) is 18.1 Å². The Morgan fingerprint density at radius 3 is 2.25 bits per heavy atom. The van der Waals surface area contributed by atoms with Gasteiger partial charge in [0.15, 0.2) is 0 Å². The zero-order valence-electron chi connectivity index (χ0n) is 18.2. The third-order valence-electron chi connectivity index (χ3n) is 5.53. The van der Waals surface area contributed by atoms with Gasteiger partial charge in [-0.2, -0.15) is 0 Å². The van der Waals surface area contributed by atoms with E-state index in [-0.39, 0.29) is 17.7 Å². The topological polar surface area (TPSA) is 65.0 Å². The van der Waals surface area contributed by atoms with Gasteiger partial charge in [-0.3, -0.25) is 4.79 Å². The highest BCUT2D eigenvalue weighted by Crippen LogP contribution is 2.32. The largest absolute Gasteiger partial charge is 0.616 e. The summed E-state index contributed by atoms with van der Waals surface area (Å²) in [5, 5.41) is 3.99. The van der Waals surface area contributed by atoms with Crippen molar-refractivity contribution >= 4 is 28.0 Å². The number of hydrogen-bond acceptors (Lipinski definition) is 3. The lowest BCUT2D eigenvalue weighted by Crippen LogP contribution is -2.30. The van der Waals surface area contributed by atoms with Crippen LogP contribution in [0.2, 0.25) is 0 Å². The number of carbonyl (C=O) groups is 1. The lowest BCUT2D eigenvalue weighted by Gasteiger charge is -2.21. The SMILES string of the molecule is CC[C@H](NC(=O)c1c(C[S+](C)[O-])c(-c2ccccc2)nc2ccccc12)c1ccccc1. The molecule has 0 saturated heterocycles. The molecule has 0 spiro atoms. The van der Waals surface area contributed by atoms with Crippen LogP contribution in [0.3, 0.4) is 0 Å². The standard InChI is InChI=1S/C27H26N2O2S/c1-3-23(19-12-6-4-7-13-19)29-27(30)25-21-16-10-11-17-24(21)28-26(22(25)18-32(2)31)20-14-8-5-9-15-20/h4-17,23H,3,18H2,1-2H3,(H,29,30)/t23-,32?/m0/s1. The minimum absolute atomic E-state index is 0.115. The van der Waals surface area contributed by atoms with E-state index in [1.165, 1.54) is 0 Å². The maximum Gasteiger partial charge on any atom is 0.252 e. The van der Waals surface area contributed by atoms with Crippen molar-refractivity contribution in [3.05, 3.63) is 102 Å². The quantitative estimate of drug-likeness (QED) is 0.376. The van der Waals surface area contributed by atoms with Gasteiger partial charge in [0.25, 0.3) is 5.91 Å². The maximum atomic E-state index is 13.7. The molecule has 0 fully saturated rings. The van der Waals surface area contributed by atoms with Gasteiger partial charge in [0.2, 0.25) is 0 Å². The Bertz CT molecular complexity index is 1210. The summed E-state index contributed by atoms with van der Waals surface area (Å²) in [5.74, 6) is 0.0874. The second kappa shape index (κ2) is 9.98. The van der Waals surface area contributed by atoms with E-state index >= 15 is 0 Å². The van der Waals surface area contributed by atoms with Gasteiger partial charge in [-0.1, -0.05) is 97.0 Å². The van der Waals surface area contributed by atoms with Crippen molar-refractivity contribution in [1.82, 2.24) is 10.3 Å². The summed E-state index contributed by atoms with van der Waals surface area (Å²) in [5.41, 5.74) is 4.69. The zero-order valence-corrected chi connectivity index (χ0v) is 19.1. The number of benzene rings is 3. The molecule has 32 heavy (non-hydrogen) atoms. The van der Waals surface area contributed by atoms with E-state index in [1.807, 2.05) is 84.9 Å². The number of fused-ring (bicyclic) bond motifs is 1. The summed E-state index contributed by atoms with van der Waals surface area (Å²) in [6, 6.07) is 27.3. The van der Waals surface area contributed by atoms with E-state index in [0.29, 0.717) is 11.3 Å². The fourth-order valence-electron chi connectivity index (χ4n) is 4.03. The Labute approximate surface area is 191 Å². The minimum Gasteiger partial charge on any atom is -0.616 e. The molecule has 2 atom stereocenters. The summed E-state index contributed by atoms with van der Waals surface area (Å²) in [4.78, 5) is 18.6. The number of rotatable bonds is 7. The summed E-state index contributed by atoms with van der Waals surface area (Å²) in [7, 11) is 0. The number of amides is 1. The highest BCUT2D eigenvalue weighted by atomic mass is 32.2. The number of para-hydroxylation sites is 1. The minimum atomic E-state index is -1.14. The fourth-order valence-corrected chi connectivity index (χ4v) is 4.71. The van der Waals surface area contributed by atoms with Crippen LogP contribution >= 0.6 is 0 Å². The molecule has 162 valence electrons. The van der Waals surface area contributed by atoms with Crippen molar-refractivity contribution in [3.63, 3.8) is 0 Å². The van der Waals surface area contributed by atoms with Gasteiger partial charge in [0.1, 0.15) is 5.75 Å². The lowest BCUT2D eigenvalue weighted by atomic mass is 9.96. The molecule has 1 amide bonds. The molecule has 0 saturated carbocycles. The van der Waals surface area contributed by atoms with Crippen molar-refractivity contribution in [1.29, 1.82) is 0 Å². The Hall–Kier alpha value is -3.15. The molecule has 3 aromatic carbocycles. The Balaban J connectivity index is 1.89. The molecule has 4 nitrogen and oxygen atoms in total. The number of carbonyl (C=O) groups excluding carboxylic acids is 1. The average Bonchev–Trinajstić information content (AvgIpc) is 2.82. The molecule has 0 aliphatic carbocycles. The first-order chi connectivity index (χ1) is 15.6. The Morgan fingerprint density at radius 1 is 0.969 bits per heavy atom. The summed E-state index contributed by atoms with van der Waals surface area (Å²) >= 11 is -1.14. The third-order valence-corrected chi connectivity index (χ3v) is 6.23. The van der Waals surface area contributed by atoms with E-state index in [9.17, 15) is 9.35 Å². The average molecular weight is 443 g/mol. The first-order valence-electron chi connectivity index (χ1n) is 10.7. The Kier molecular flexibility index (Phi) is 6.88. The summed E-state index contributed by atoms with van der Waals surface area (Å²) < 4.78 is 12.4. The molecule has 4 rings (SSSR count). The smallest absolute Gasteiger partial charge is 0.252 e. The maximum absolute atomic E-state index is 13.7. The van der Waals surface area contributed by atoms with Gasteiger partial charge >= 0.3 is 0 Å². The third kappa shape index (κ3) is 4.69. The number of nitrogens with one attached hydrogen (secondary N) is 1. The van der Waals surface area contributed by atoms with Gasteiger partial charge < -0.3 is 9.87 Å². The molecule has 1 heterocycles. The highest BCUT2D eigenvalue weighted by Gasteiger charge is 2.25. The van der Waals surface area contributed by atoms with Crippen LogP contribution in [0.1, 0.15) is 40.9 Å². The normalized spacial score (nSPS) is 13.0. The Morgan fingerprint density at radius 2 is 1.59 bits per heavy atom. The van der Waals surface area contributed by atoms with Crippen LogP contribution in [-0.4, -0.2) is 21.7 Å². The van der Waals surface area contributed by atoms with Crippen LogP contribution in [0.15, 0.2) is 84.9 Å². The molecule has 1 N–H and O–H groups in total. The first kappa shape index (κ1) is 22.1. The molecule has 0 aliphatic rings. The van der Waals surface area contributed by atoms with Crippen LogP contribution in [0, 0.1) is 0 Å². The van der Waals surface area contributed by atoms with Crippen LogP contribution < -0.4 is 5.32 Å². The van der Waals surface area contributed by atoms with Crippen molar-refractivity contribution in [3.8, 4) is 11.3 Å². The van der Waals surface area contributed by atoms with E-state index in [0.717, 1.165) is 34.0 Å². The van der Waals surface area contributed by atoms with E-state index < -0.39 is 11.2 Å². The predicted octanol–water partition coefficient (Wildman–Crippen LogP) is 5.66. The number of aromatic nitrogens is 1. The van der Waals surface area contributed by atoms with Gasteiger partial charge in [0, 0.05) is 16.5 Å². The summed E-state index contributed by atoms with van der Waals surface area (Å²) in [6.45, 7) is 2.06. The lowest BCUT2D eigenvalue weighted by molar-refractivity contribution is 0.0936. The van der Waals surface area contributed by atoms with Crippen LogP contribution in [0.25, 0.3) is 22.2 Å². The molecule has 1 aromatic heterocycles. The second-order valence-electron chi connectivity index (χ2n) is 7.76. The van der Waals surface area contributed by atoms with Gasteiger partial charge in [-0.15, -0.1) is 0 Å². The molecule has 5 heteroatoms. The zero-order chi connectivity index (χ0) is 22.5. The predicted molar refractivity (Wildman–Crippen MR) is 132 cm³/mol. The van der Waals surface area contributed by atoms with Gasteiger partial charge in [-0.25, -0.2) is 4.98 Å². The fraction of sp³-hybridized carbons (Fsp3) is 0.185. The van der Waals surface area contributed by atoms with Crippen molar-refractivity contribution in [2.24, 2.45) is 0 Å². The number of nitrogens with zero attached hydrogens (tertiary/aromatic N) is 1. The molecule has 0 radical (unpaired) electrons. The highest BCUT2D eigenvalue weighted by molar-refractivity contribution is 7.89. The van der Waals surface area contributed by atoms with Crippen LogP contribution in [-0.2, 0) is 16.9 Å². The van der Waals surface area contributed by atoms with Gasteiger partial charge in [0.05, 0.1) is 29.1 Å². The summed E-state index contributed by atoms with van der Waals surface area (Å²) in [6.07, 6.45) is 2.42. The van der Waals surface area contributed by atoms with Crippen LogP contribution in [0.4, 0.5) is 0 Å². The molecular formula is C27H26N2O2S. The molecule has 4 aromatic rings. The van der Waals surface area contributed by atoms with Crippen molar-refractivity contribution in [2.75, 3.05) is 6.26 Å². The van der Waals surface area contributed by atoms with E-state index in [1.54, 1.807) is 6.26 Å². The molecule has 0 aliphatic heterocycles. The van der Waals surface area contributed by atoms with Crippen LogP contribution in [0.5, 0.6) is 0 Å². The molecular weight excluding hydrogens is 416 g/mol.